The Bertz CT molecular complexity index is 1040. The van der Waals surface area contributed by atoms with Gasteiger partial charge in [0, 0.05) is 33.8 Å². The fourth-order valence-corrected chi connectivity index (χ4v) is 5.19. The maximum absolute atomic E-state index is 5.74. The molecule has 150 valence electrons. The van der Waals surface area contributed by atoms with Crippen LogP contribution in [-0.4, -0.2) is 25.6 Å². The second-order valence-electron chi connectivity index (χ2n) is 7.77. The highest BCUT2D eigenvalue weighted by Crippen LogP contribution is 2.42. The van der Waals surface area contributed by atoms with Crippen LogP contribution >= 0.6 is 28.1 Å². The maximum Gasteiger partial charge on any atom is 0.170 e. The maximum atomic E-state index is 5.74. The van der Waals surface area contributed by atoms with Gasteiger partial charge in [0.25, 0.3) is 0 Å². The Balaban J connectivity index is 1.86. The third kappa shape index (κ3) is 3.60. The van der Waals surface area contributed by atoms with Gasteiger partial charge in [-0.05, 0) is 81.9 Å². The minimum absolute atomic E-state index is 0.0163. The van der Waals surface area contributed by atoms with Gasteiger partial charge in [0.05, 0.1) is 17.8 Å². The Morgan fingerprint density at radius 3 is 2.55 bits per heavy atom. The van der Waals surface area contributed by atoms with Crippen LogP contribution in [0.5, 0.6) is 0 Å². The lowest BCUT2D eigenvalue weighted by molar-refractivity contribution is 0.269. The molecule has 3 heterocycles. The van der Waals surface area contributed by atoms with E-state index in [4.69, 9.17) is 12.2 Å². The van der Waals surface area contributed by atoms with E-state index in [-0.39, 0.29) is 18.1 Å². The highest BCUT2D eigenvalue weighted by atomic mass is 79.9. The summed E-state index contributed by atoms with van der Waals surface area (Å²) in [5, 5.41) is 4.32. The zero-order valence-corrected chi connectivity index (χ0v) is 19.5. The molecule has 1 N–H and O–H groups in total. The molecule has 6 heteroatoms. The average Bonchev–Trinajstić information content (AvgIpc) is 3.18. The molecule has 3 aromatic rings. The molecule has 4 rings (SSSR count). The van der Waals surface area contributed by atoms with E-state index in [2.05, 4.69) is 99.8 Å². The number of aryl methyl sites for hydroxylation is 1. The van der Waals surface area contributed by atoms with Crippen molar-refractivity contribution in [2.24, 2.45) is 0 Å². The van der Waals surface area contributed by atoms with Crippen LogP contribution < -0.4 is 5.32 Å². The highest BCUT2D eigenvalue weighted by molar-refractivity contribution is 9.10. The van der Waals surface area contributed by atoms with Crippen molar-refractivity contribution in [3.05, 3.63) is 81.8 Å². The number of hydrogen-bond donors (Lipinski definition) is 1. The number of nitrogens with one attached hydrogen (secondary N) is 1. The van der Waals surface area contributed by atoms with Gasteiger partial charge in [-0.2, -0.15) is 0 Å². The Labute approximate surface area is 186 Å². The lowest BCUT2D eigenvalue weighted by Crippen LogP contribution is -2.35. The quantitative estimate of drug-likeness (QED) is 0.502. The number of halogens is 1. The monoisotopic (exact) mass is 468 g/mol. The lowest BCUT2D eigenvalue weighted by atomic mass is 9.96. The summed E-state index contributed by atoms with van der Waals surface area (Å²) in [6.07, 6.45) is 1.85. The highest BCUT2D eigenvalue weighted by Gasteiger charge is 2.42. The Hall–Kier alpha value is -2.18. The molecule has 1 saturated heterocycles. The van der Waals surface area contributed by atoms with Gasteiger partial charge in [0.1, 0.15) is 0 Å². The fraction of sp³-hybridized carbons (Fsp3) is 0.304. The molecule has 2 atom stereocenters. The summed E-state index contributed by atoms with van der Waals surface area (Å²) < 4.78 is 3.39. The Morgan fingerprint density at radius 1 is 1.10 bits per heavy atom. The van der Waals surface area contributed by atoms with Gasteiger partial charge in [0.15, 0.2) is 5.11 Å². The third-order valence-electron chi connectivity index (χ3n) is 5.55. The summed E-state index contributed by atoms with van der Waals surface area (Å²) in [5.41, 5.74) is 5.87. The van der Waals surface area contributed by atoms with Crippen molar-refractivity contribution < 1.29 is 0 Å². The normalized spacial score (nSPS) is 19.1. The lowest BCUT2D eigenvalue weighted by Gasteiger charge is -2.31. The topological polar surface area (TPSA) is 33.1 Å². The molecule has 1 aliphatic rings. The Morgan fingerprint density at radius 2 is 1.90 bits per heavy atom. The first-order chi connectivity index (χ1) is 13.9. The number of hydrogen-bond acceptors (Lipinski definition) is 2. The molecular formula is C23H25BrN4S. The predicted octanol–water partition coefficient (Wildman–Crippen LogP) is 5.63. The fourth-order valence-electron chi connectivity index (χ4n) is 4.35. The molecular weight excluding hydrogens is 444 g/mol. The summed E-state index contributed by atoms with van der Waals surface area (Å²) in [6.45, 7) is 8.73. The number of pyridine rings is 1. The molecule has 1 aliphatic heterocycles. The smallest absolute Gasteiger partial charge is 0.170 e. The van der Waals surface area contributed by atoms with Crippen LogP contribution in [0, 0.1) is 13.8 Å². The van der Waals surface area contributed by atoms with Crippen molar-refractivity contribution in [3.63, 3.8) is 0 Å². The van der Waals surface area contributed by atoms with E-state index in [1.54, 1.807) is 0 Å². The first-order valence-electron chi connectivity index (χ1n) is 9.83. The average molecular weight is 469 g/mol. The predicted molar refractivity (Wildman–Crippen MR) is 125 cm³/mol. The molecule has 0 saturated carbocycles. The summed E-state index contributed by atoms with van der Waals surface area (Å²) >= 11 is 9.34. The summed E-state index contributed by atoms with van der Waals surface area (Å²) in [6, 6.07) is 17.1. The molecule has 29 heavy (non-hydrogen) atoms. The number of aromatic nitrogens is 2. The molecule has 4 nitrogen and oxygen atoms in total. The van der Waals surface area contributed by atoms with Crippen molar-refractivity contribution in [2.75, 3.05) is 0 Å². The molecule has 0 spiro atoms. The largest absolute Gasteiger partial charge is 0.352 e. The van der Waals surface area contributed by atoms with Crippen LogP contribution in [0.1, 0.15) is 48.6 Å². The van der Waals surface area contributed by atoms with Crippen molar-refractivity contribution in [1.29, 1.82) is 0 Å². The van der Waals surface area contributed by atoms with Crippen LogP contribution in [0.4, 0.5) is 0 Å². The van der Waals surface area contributed by atoms with E-state index in [9.17, 15) is 0 Å². The number of thiocarbonyl (C=S) groups is 1. The zero-order valence-electron chi connectivity index (χ0n) is 17.1. The van der Waals surface area contributed by atoms with E-state index in [0.717, 1.165) is 21.0 Å². The minimum atomic E-state index is 0.0163. The number of benzene rings is 1. The van der Waals surface area contributed by atoms with Crippen molar-refractivity contribution in [1.82, 2.24) is 19.8 Å². The van der Waals surface area contributed by atoms with Gasteiger partial charge in [-0.1, -0.05) is 28.1 Å². The molecule has 0 aliphatic carbocycles. The molecule has 0 unspecified atom stereocenters. The molecule has 2 aromatic heterocycles. The van der Waals surface area contributed by atoms with E-state index in [1.165, 1.54) is 17.0 Å². The summed E-state index contributed by atoms with van der Waals surface area (Å²) in [7, 11) is 0. The van der Waals surface area contributed by atoms with Gasteiger partial charge < -0.3 is 14.8 Å². The van der Waals surface area contributed by atoms with Gasteiger partial charge in [0.2, 0.25) is 0 Å². The van der Waals surface area contributed by atoms with Gasteiger partial charge >= 0.3 is 0 Å². The summed E-state index contributed by atoms with van der Waals surface area (Å²) in [4.78, 5) is 6.94. The van der Waals surface area contributed by atoms with Crippen LogP contribution in [0.25, 0.3) is 5.69 Å². The third-order valence-corrected chi connectivity index (χ3v) is 6.37. The molecule has 1 aromatic carbocycles. The molecule has 0 amide bonds. The first-order valence-corrected chi connectivity index (χ1v) is 11.0. The Kier molecular flexibility index (Phi) is 5.49. The first kappa shape index (κ1) is 20.1. The van der Waals surface area contributed by atoms with Crippen LogP contribution in [0.15, 0.2) is 59.2 Å². The van der Waals surface area contributed by atoms with Crippen LogP contribution in [-0.2, 0) is 0 Å². The molecule has 0 bridgehead atoms. The zero-order chi connectivity index (χ0) is 20.7. The van der Waals surface area contributed by atoms with Crippen molar-refractivity contribution in [2.45, 2.75) is 45.8 Å². The van der Waals surface area contributed by atoms with E-state index in [1.807, 2.05) is 18.3 Å². The van der Waals surface area contributed by atoms with Crippen molar-refractivity contribution in [3.8, 4) is 5.69 Å². The van der Waals surface area contributed by atoms with Crippen LogP contribution in [0.3, 0.4) is 0 Å². The van der Waals surface area contributed by atoms with E-state index in [0.29, 0.717) is 0 Å². The van der Waals surface area contributed by atoms with E-state index < -0.39 is 0 Å². The van der Waals surface area contributed by atoms with Crippen molar-refractivity contribution >= 4 is 33.3 Å². The second kappa shape index (κ2) is 7.92. The SMILES string of the molecule is Cc1cc([C@H]2[C@@H](c3ccccn3)NC(=S)N2C(C)C)c(C)n1-c1cccc(Br)c1. The summed E-state index contributed by atoms with van der Waals surface area (Å²) in [5.74, 6) is 0. The standard InChI is InChI=1S/C23H25BrN4S/c1-14(2)27-22(21(26-23(27)29)20-10-5-6-11-25-20)19-12-15(3)28(16(19)4)18-9-7-8-17(24)13-18/h5-14,21-22H,1-4H3,(H,26,29)/t21-,22+/m1/s1. The number of rotatable bonds is 4. The number of nitrogens with zero attached hydrogens (tertiary/aromatic N) is 3. The van der Waals surface area contributed by atoms with Gasteiger partial charge in [-0.3, -0.25) is 4.98 Å². The van der Waals surface area contributed by atoms with Gasteiger partial charge in [-0.15, -0.1) is 0 Å². The molecule has 1 fully saturated rings. The molecule has 0 radical (unpaired) electrons. The second-order valence-corrected chi connectivity index (χ2v) is 9.07. The van der Waals surface area contributed by atoms with Gasteiger partial charge in [-0.25, -0.2) is 0 Å². The van der Waals surface area contributed by atoms with Crippen LogP contribution in [0.2, 0.25) is 0 Å². The van der Waals surface area contributed by atoms with E-state index >= 15 is 0 Å². The minimum Gasteiger partial charge on any atom is -0.352 e.